The van der Waals surface area contributed by atoms with E-state index >= 15 is 0 Å². The summed E-state index contributed by atoms with van der Waals surface area (Å²) in [5.74, 6) is 1.41. The van der Waals surface area contributed by atoms with Gasteiger partial charge < -0.3 is 10.2 Å². The predicted octanol–water partition coefficient (Wildman–Crippen LogP) is 2.23. The number of carbonyl (C=O) groups excluding carboxylic acids is 2. The fourth-order valence-electron chi connectivity index (χ4n) is 4.76. The molecule has 116 valence electrons. The van der Waals surface area contributed by atoms with E-state index in [1.807, 2.05) is 4.90 Å². The molecule has 4 rings (SSSR count). The molecule has 0 aromatic carbocycles. The Bertz CT molecular complexity index is 446. The Hall–Kier alpha value is -1.06. The van der Waals surface area contributed by atoms with Crippen LogP contribution in [-0.4, -0.2) is 34.8 Å². The van der Waals surface area contributed by atoms with E-state index in [-0.39, 0.29) is 17.9 Å². The van der Waals surface area contributed by atoms with E-state index in [4.69, 9.17) is 0 Å². The zero-order chi connectivity index (χ0) is 14.4. The standard InChI is InChI=1S/C17H26N2O2/c20-15-14(13-7-8-13)18-16(21)17(9-3-4-10-17)19(15)11-12-5-1-2-6-12/h12-14H,1-11H2,(H,18,21). The van der Waals surface area contributed by atoms with Crippen molar-refractivity contribution >= 4 is 11.8 Å². The zero-order valence-electron chi connectivity index (χ0n) is 12.8. The van der Waals surface area contributed by atoms with E-state index in [0.717, 1.165) is 45.1 Å². The second-order valence-electron chi connectivity index (χ2n) is 7.63. The molecule has 3 aliphatic carbocycles. The molecule has 1 saturated heterocycles. The highest BCUT2D eigenvalue weighted by Gasteiger charge is 2.56. The number of nitrogens with one attached hydrogen (secondary N) is 1. The minimum Gasteiger partial charge on any atom is -0.342 e. The van der Waals surface area contributed by atoms with Crippen molar-refractivity contribution in [3.63, 3.8) is 0 Å². The van der Waals surface area contributed by atoms with Crippen LogP contribution in [0.5, 0.6) is 0 Å². The quantitative estimate of drug-likeness (QED) is 0.866. The van der Waals surface area contributed by atoms with E-state index < -0.39 is 5.54 Å². The molecule has 1 spiro atoms. The minimum atomic E-state index is -0.495. The number of amides is 2. The van der Waals surface area contributed by atoms with Crippen LogP contribution in [0.1, 0.15) is 64.2 Å². The van der Waals surface area contributed by atoms with E-state index in [2.05, 4.69) is 5.32 Å². The van der Waals surface area contributed by atoms with Gasteiger partial charge in [-0.2, -0.15) is 0 Å². The summed E-state index contributed by atoms with van der Waals surface area (Å²) in [6, 6.07) is -0.217. The first-order chi connectivity index (χ1) is 10.2. The van der Waals surface area contributed by atoms with Crippen LogP contribution in [0.25, 0.3) is 0 Å². The lowest BCUT2D eigenvalue weighted by Gasteiger charge is -2.47. The molecule has 0 aromatic heterocycles. The van der Waals surface area contributed by atoms with Crippen molar-refractivity contribution in [1.82, 2.24) is 10.2 Å². The summed E-state index contributed by atoms with van der Waals surface area (Å²) in [6.45, 7) is 0.829. The van der Waals surface area contributed by atoms with Gasteiger partial charge in [0.05, 0.1) is 0 Å². The molecule has 4 fully saturated rings. The molecule has 21 heavy (non-hydrogen) atoms. The molecule has 0 radical (unpaired) electrons. The second-order valence-corrected chi connectivity index (χ2v) is 7.63. The summed E-state index contributed by atoms with van der Waals surface area (Å²) in [6.07, 6.45) is 11.1. The Labute approximate surface area is 126 Å². The van der Waals surface area contributed by atoms with Crippen molar-refractivity contribution in [2.75, 3.05) is 6.54 Å². The molecule has 1 unspecified atom stereocenters. The van der Waals surface area contributed by atoms with Gasteiger partial charge in [0.1, 0.15) is 11.6 Å². The Kier molecular flexibility index (Phi) is 3.23. The van der Waals surface area contributed by atoms with Crippen LogP contribution in [0.4, 0.5) is 0 Å². The van der Waals surface area contributed by atoms with Gasteiger partial charge in [-0.25, -0.2) is 0 Å². The van der Waals surface area contributed by atoms with Gasteiger partial charge >= 0.3 is 0 Å². The smallest absolute Gasteiger partial charge is 0.246 e. The van der Waals surface area contributed by atoms with Crippen molar-refractivity contribution in [1.29, 1.82) is 0 Å². The van der Waals surface area contributed by atoms with Gasteiger partial charge in [0.15, 0.2) is 0 Å². The molecular formula is C17H26N2O2. The summed E-state index contributed by atoms with van der Waals surface area (Å²) in [7, 11) is 0. The third kappa shape index (κ3) is 2.18. The molecule has 2 amide bonds. The zero-order valence-corrected chi connectivity index (χ0v) is 12.8. The van der Waals surface area contributed by atoms with Crippen molar-refractivity contribution in [2.45, 2.75) is 75.8 Å². The molecule has 1 atom stereocenters. The number of carbonyl (C=O) groups is 2. The summed E-state index contributed by atoms with van der Waals surface area (Å²) in [4.78, 5) is 27.8. The monoisotopic (exact) mass is 290 g/mol. The van der Waals surface area contributed by atoms with Crippen molar-refractivity contribution in [3.05, 3.63) is 0 Å². The Morgan fingerprint density at radius 2 is 1.67 bits per heavy atom. The molecule has 1 heterocycles. The first-order valence-electron chi connectivity index (χ1n) is 8.83. The number of hydrogen-bond acceptors (Lipinski definition) is 2. The molecule has 1 N–H and O–H groups in total. The van der Waals surface area contributed by atoms with Crippen molar-refractivity contribution in [2.24, 2.45) is 11.8 Å². The summed E-state index contributed by atoms with van der Waals surface area (Å²) >= 11 is 0. The van der Waals surface area contributed by atoms with E-state index in [1.54, 1.807) is 0 Å². The lowest BCUT2D eigenvalue weighted by molar-refractivity contribution is -0.158. The maximum absolute atomic E-state index is 13.0. The molecule has 4 nitrogen and oxygen atoms in total. The summed E-state index contributed by atoms with van der Waals surface area (Å²) in [5, 5.41) is 3.09. The van der Waals surface area contributed by atoms with Gasteiger partial charge in [-0.1, -0.05) is 25.7 Å². The van der Waals surface area contributed by atoms with Crippen LogP contribution in [0.2, 0.25) is 0 Å². The van der Waals surface area contributed by atoms with Crippen LogP contribution in [-0.2, 0) is 9.59 Å². The molecule has 0 bridgehead atoms. The SMILES string of the molecule is O=C1C(C2CC2)NC(=O)C2(CCCC2)N1CC1CCCC1. The summed E-state index contributed by atoms with van der Waals surface area (Å²) in [5.41, 5.74) is -0.495. The van der Waals surface area contributed by atoms with Crippen LogP contribution in [0.3, 0.4) is 0 Å². The Morgan fingerprint density at radius 3 is 2.29 bits per heavy atom. The van der Waals surface area contributed by atoms with Gasteiger partial charge in [0, 0.05) is 6.54 Å². The lowest BCUT2D eigenvalue weighted by Crippen LogP contribution is -2.70. The Morgan fingerprint density at radius 1 is 1.00 bits per heavy atom. The topological polar surface area (TPSA) is 49.4 Å². The normalized spacial score (nSPS) is 33.0. The fraction of sp³-hybridized carbons (Fsp3) is 0.882. The molecule has 4 aliphatic rings. The molecule has 0 aromatic rings. The average Bonchev–Trinajstić information content (AvgIpc) is 2.99. The fourth-order valence-corrected chi connectivity index (χ4v) is 4.76. The largest absolute Gasteiger partial charge is 0.342 e. The van der Waals surface area contributed by atoms with Gasteiger partial charge in [0.2, 0.25) is 11.8 Å². The highest BCUT2D eigenvalue weighted by molar-refractivity contribution is 6.00. The van der Waals surface area contributed by atoms with Crippen molar-refractivity contribution < 1.29 is 9.59 Å². The van der Waals surface area contributed by atoms with E-state index in [0.29, 0.717) is 11.8 Å². The minimum absolute atomic E-state index is 0.148. The highest BCUT2D eigenvalue weighted by atomic mass is 16.2. The van der Waals surface area contributed by atoms with Crippen LogP contribution >= 0.6 is 0 Å². The number of rotatable bonds is 3. The average molecular weight is 290 g/mol. The number of piperazine rings is 1. The maximum atomic E-state index is 13.0. The molecule has 1 aliphatic heterocycles. The van der Waals surface area contributed by atoms with Gasteiger partial charge in [-0.15, -0.1) is 0 Å². The summed E-state index contributed by atoms with van der Waals surface area (Å²) < 4.78 is 0. The number of nitrogens with zero attached hydrogens (tertiary/aromatic N) is 1. The maximum Gasteiger partial charge on any atom is 0.246 e. The van der Waals surface area contributed by atoms with Crippen molar-refractivity contribution in [3.8, 4) is 0 Å². The van der Waals surface area contributed by atoms with Crippen LogP contribution in [0, 0.1) is 11.8 Å². The Balaban J connectivity index is 1.61. The van der Waals surface area contributed by atoms with Crippen LogP contribution < -0.4 is 5.32 Å². The first-order valence-corrected chi connectivity index (χ1v) is 8.83. The van der Waals surface area contributed by atoms with Gasteiger partial charge in [-0.3, -0.25) is 9.59 Å². The third-order valence-electron chi connectivity index (χ3n) is 6.20. The first kappa shape index (κ1) is 13.6. The molecule has 3 saturated carbocycles. The second kappa shape index (κ2) is 4.99. The van der Waals surface area contributed by atoms with E-state index in [9.17, 15) is 9.59 Å². The van der Waals surface area contributed by atoms with Crippen LogP contribution in [0.15, 0.2) is 0 Å². The number of hydrogen-bond donors (Lipinski definition) is 1. The molecular weight excluding hydrogens is 264 g/mol. The lowest BCUT2D eigenvalue weighted by atomic mass is 9.87. The third-order valence-corrected chi connectivity index (χ3v) is 6.20. The van der Waals surface area contributed by atoms with E-state index in [1.165, 1.54) is 25.7 Å². The van der Waals surface area contributed by atoms with Gasteiger partial charge in [-0.05, 0) is 50.4 Å². The van der Waals surface area contributed by atoms with Gasteiger partial charge in [0.25, 0.3) is 0 Å². The highest BCUT2D eigenvalue weighted by Crippen LogP contribution is 2.43. The molecule has 4 heteroatoms. The predicted molar refractivity (Wildman–Crippen MR) is 79.5 cm³/mol.